The monoisotopic (exact) mass is 226 g/mol. The zero-order valence-electron chi connectivity index (χ0n) is 10.7. The van der Waals surface area contributed by atoms with Crippen molar-refractivity contribution in [3.63, 3.8) is 0 Å². The molecule has 0 spiro atoms. The van der Waals surface area contributed by atoms with E-state index in [1.807, 2.05) is 7.11 Å². The van der Waals surface area contributed by atoms with Crippen molar-refractivity contribution >= 4 is 0 Å². The van der Waals surface area contributed by atoms with Crippen LogP contribution < -0.4 is 5.73 Å². The van der Waals surface area contributed by atoms with Crippen LogP contribution in [-0.2, 0) is 4.74 Å². The number of likely N-dealkylation sites (N-methyl/N-ethyl adjacent to an activating group) is 1. The molecule has 0 aromatic rings. The maximum absolute atomic E-state index is 6.08. The molecule has 2 unspecified atom stereocenters. The van der Waals surface area contributed by atoms with Crippen LogP contribution >= 0.6 is 0 Å². The highest BCUT2D eigenvalue weighted by Gasteiger charge is 2.42. The summed E-state index contributed by atoms with van der Waals surface area (Å²) in [7, 11) is 4.11. The van der Waals surface area contributed by atoms with Crippen LogP contribution in [0.25, 0.3) is 0 Å². The van der Waals surface area contributed by atoms with E-state index in [4.69, 9.17) is 10.5 Å². The lowest BCUT2D eigenvalue weighted by molar-refractivity contribution is -0.0416. The highest BCUT2D eigenvalue weighted by molar-refractivity contribution is 4.99. The normalized spacial score (nSPS) is 36.4. The quantitative estimate of drug-likeness (QED) is 0.794. The molecule has 94 valence electrons. The molecule has 2 rings (SSSR count). The summed E-state index contributed by atoms with van der Waals surface area (Å²) < 4.78 is 5.55. The van der Waals surface area contributed by atoms with Gasteiger partial charge < -0.3 is 10.5 Å². The van der Waals surface area contributed by atoms with Crippen molar-refractivity contribution in [2.45, 2.75) is 62.6 Å². The SMILES string of the molecule is COC1CCCC(CN)(N(C)C2CCC2)C1. The maximum atomic E-state index is 6.08. The molecule has 0 radical (unpaired) electrons. The maximum Gasteiger partial charge on any atom is 0.0589 e. The summed E-state index contributed by atoms with van der Waals surface area (Å²) in [5.74, 6) is 0. The molecular weight excluding hydrogens is 200 g/mol. The second-order valence-corrected chi connectivity index (χ2v) is 5.58. The molecule has 0 aliphatic heterocycles. The van der Waals surface area contributed by atoms with Gasteiger partial charge in [-0.3, -0.25) is 4.90 Å². The van der Waals surface area contributed by atoms with Crippen LogP contribution in [-0.4, -0.2) is 43.3 Å². The van der Waals surface area contributed by atoms with E-state index in [9.17, 15) is 0 Å². The van der Waals surface area contributed by atoms with Crippen molar-refractivity contribution in [1.29, 1.82) is 0 Å². The fraction of sp³-hybridized carbons (Fsp3) is 1.00. The molecule has 3 nitrogen and oxygen atoms in total. The van der Waals surface area contributed by atoms with Crippen molar-refractivity contribution < 1.29 is 4.74 Å². The van der Waals surface area contributed by atoms with Gasteiger partial charge in [-0.25, -0.2) is 0 Å². The molecule has 0 aromatic heterocycles. The van der Waals surface area contributed by atoms with Crippen molar-refractivity contribution in [3.8, 4) is 0 Å². The molecule has 2 saturated carbocycles. The van der Waals surface area contributed by atoms with Gasteiger partial charge in [0.25, 0.3) is 0 Å². The van der Waals surface area contributed by atoms with E-state index >= 15 is 0 Å². The summed E-state index contributed by atoms with van der Waals surface area (Å²) >= 11 is 0. The average Bonchev–Trinajstić information content (AvgIpc) is 2.26. The Kier molecular flexibility index (Phi) is 3.88. The van der Waals surface area contributed by atoms with Crippen LogP contribution in [0, 0.1) is 0 Å². The Hall–Kier alpha value is -0.120. The standard InChI is InChI=1S/C13H26N2O/c1-15(11-5-3-6-11)13(10-14)8-4-7-12(9-13)16-2/h11-12H,3-10,14H2,1-2H3. The number of rotatable bonds is 4. The van der Waals surface area contributed by atoms with Gasteiger partial charge in [-0.05, 0) is 45.6 Å². The van der Waals surface area contributed by atoms with Crippen molar-refractivity contribution in [2.24, 2.45) is 5.73 Å². The largest absolute Gasteiger partial charge is 0.381 e. The van der Waals surface area contributed by atoms with Gasteiger partial charge in [-0.15, -0.1) is 0 Å². The summed E-state index contributed by atoms with van der Waals surface area (Å²) in [4.78, 5) is 2.57. The average molecular weight is 226 g/mol. The lowest BCUT2D eigenvalue weighted by Crippen LogP contribution is -2.60. The highest BCUT2D eigenvalue weighted by Crippen LogP contribution is 2.38. The van der Waals surface area contributed by atoms with Gasteiger partial charge in [0.1, 0.15) is 0 Å². The first-order valence-corrected chi connectivity index (χ1v) is 6.67. The Morgan fingerprint density at radius 2 is 2.06 bits per heavy atom. The van der Waals surface area contributed by atoms with Crippen LogP contribution in [0.15, 0.2) is 0 Å². The van der Waals surface area contributed by atoms with Gasteiger partial charge >= 0.3 is 0 Å². The zero-order chi connectivity index (χ0) is 11.6. The third-order valence-corrected chi connectivity index (χ3v) is 4.86. The van der Waals surface area contributed by atoms with Crippen molar-refractivity contribution in [1.82, 2.24) is 4.90 Å². The third kappa shape index (κ3) is 2.13. The van der Waals surface area contributed by atoms with Gasteiger partial charge in [-0.1, -0.05) is 6.42 Å². The molecule has 0 bridgehead atoms. The summed E-state index contributed by atoms with van der Waals surface area (Å²) in [5.41, 5.74) is 6.29. The Labute approximate surface area is 99.3 Å². The number of methoxy groups -OCH3 is 1. The zero-order valence-corrected chi connectivity index (χ0v) is 10.7. The second kappa shape index (κ2) is 5.03. The smallest absolute Gasteiger partial charge is 0.0589 e. The first kappa shape index (κ1) is 12.3. The summed E-state index contributed by atoms with van der Waals surface area (Å²) in [6, 6.07) is 0.777. The van der Waals surface area contributed by atoms with Gasteiger partial charge in [0.2, 0.25) is 0 Å². The Morgan fingerprint density at radius 3 is 2.56 bits per heavy atom. The molecule has 2 aliphatic rings. The van der Waals surface area contributed by atoms with Crippen LogP contribution in [0.5, 0.6) is 0 Å². The van der Waals surface area contributed by atoms with E-state index in [0.717, 1.165) is 19.0 Å². The number of nitrogens with zero attached hydrogens (tertiary/aromatic N) is 1. The first-order valence-electron chi connectivity index (χ1n) is 6.67. The Morgan fingerprint density at radius 1 is 1.31 bits per heavy atom. The predicted molar refractivity (Wildman–Crippen MR) is 66.5 cm³/mol. The predicted octanol–water partition coefficient (Wildman–Crippen LogP) is 1.76. The van der Waals surface area contributed by atoms with Gasteiger partial charge in [0.05, 0.1) is 6.10 Å². The minimum absolute atomic E-state index is 0.212. The van der Waals surface area contributed by atoms with Crippen LogP contribution in [0.2, 0.25) is 0 Å². The molecule has 0 heterocycles. The first-order chi connectivity index (χ1) is 7.72. The fourth-order valence-corrected chi connectivity index (χ4v) is 3.30. The van der Waals surface area contributed by atoms with Crippen LogP contribution in [0.4, 0.5) is 0 Å². The molecule has 0 amide bonds. The molecular formula is C13H26N2O. The molecule has 0 saturated heterocycles. The lowest BCUT2D eigenvalue weighted by atomic mass is 9.76. The van der Waals surface area contributed by atoms with Gasteiger partial charge in [0, 0.05) is 25.2 Å². The minimum atomic E-state index is 0.212. The molecule has 16 heavy (non-hydrogen) atoms. The van der Waals surface area contributed by atoms with Crippen molar-refractivity contribution in [2.75, 3.05) is 20.7 Å². The van der Waals surface area contributed by atoms with E-state index in [1.165, 1.54) is 38.5 Å². The Balaban J connectivity index is 2.04. The molecule has 2 N–H and O–H groups in total. The molecule has 2 aliphatic carbocycles. The minimum Gasteiger partial charge on any atom is -0.381 e. The number of nitrogens with two attached hydrogens (primary N) is 1. The highest BCUT2D eigenvalue weighted by atomic mass is 16.5. The topological polar surface area (TPSA) is 38.5 Å². The molecule has 2 atom stereocenters. The van der Waals surface area contributed by atoms with E-state index < -0.39 is 0 Å². The number of hydrogen-bond acceptors (Lipinski definition) is 3. The summed E-state index contributed by atoms with van der Waals surface area (Å²) in [5, 5.41) is 0. The summed E-state index contributed by atoms with van der Waals surface area (Å²) in [6.07, 6.45) is 9.35. The molecule has 2 fully saturated rings. The molecule has 3 heteroatoms. The summed E-state index contributed by atoms with van der Waals surface area (Å²) in [6.45, 7) is 0.778. The van der Waals surface area contributed by atoms with E-state index in [1.54, 1.807) is 0 Å². The van der Waals surface area contributed by atoms with Gasteiger partial charge in [-0.2, -0.15) is 0 Å². The van der Waals surface area contributed by atoms with Crippen LogP contribution in [0.3, 0.4) is 0 Å². The fourth-order valence-electron chi connectivity index (χ4n) is 3.30. The van der Waals surface area contributed by atoms with Crippen molar-refractivity contribution in [3.05, 3.63) is 0 Å². The second-order valence-electron chi connectivity index (χ2n) is 5.58. The van der Waals surface area contributed by atoms with E-state index in [0.29, 0.717) is 6.10 Å². The Bertz CT molecular complexity index is 230. The van der Waals surface area contributed by atoms with E-state index in [-0.39, 0.29) is 5.54 Å². The lowest BCUT2D eigenvalue weighted by Gasteiger charge is -2.51. The van der Waals surface area contributed by atoms with Gasteiger partial charge in [0.15, 0.2) is 0 Å². The van der Waals surface area contributed by atoms with Crippen LogP contribution in [0.1, 0.15) is 44.9 Å². The number of hydrogen-bond donors (Lipinski definition) is 1. The third-order valence-electron chi connectivity index (χ3n) is 4.86. The molecule has 0 aromatic carbocycles. The van der Waals surface area contributed by atoms with E-state index in [2.05, 4.69) is 11.9 Å². The number of ether oxygens (including phenoxy) is 1.